The van der Waals surface area contributed by atoms with Crippen LogP contribution >= 0.6 is 23.4 Å². The summed E-state index contributed by atoms with van der Waals surface area (Å²) in [5, 5.41) is 1.29. The summed E-state index contributed by atoms with van der Waals surface area (Å²) in [7, 11) is 0. The first-order valence-electron chi connectivity index (χ1n) is 7.60. The van der Waals surface area contributed by atoms with Crippen LogP contribution in [0.3, 0.4) is 0 Å². The average molecular weight is 345 g/mol. The Morgan fingerprint density at radius 2 is 2.17 bits per heavy atom. The molecule has 3 nitrogen and oxygen atoms in total. The van der Waals surface area contributed by atoms with E-state index in [2.05, 4.69) is 5.92 Å². The van der Waals surface area contributed by atoms with Crippen molar-refractivity contribution in [2.75, 3.05) is 5.75 Å². The summed E-state index contributed by atoms with van der Waals surface area (Å²) in [6.45, 7) is 1.92. The normalized spacial score (nSPS) is 13.4. The highest BCUT2D eigenvalue weighted by Crippen LogP contribution is 2.27. The Morgan fingerprint density at radius 3 is 2.96 bits per heavy atom. The van der Waals surface area contributed by atoms with Gasteiger partial charge in [0.2, 0.25) is 0 Å². The smallest absolute Gasteiger partial charge is 0.262 e. The number of hydrogen-bond acceptors (Lipinski definition) is 3. The molecule has 5 heteroatoms. The Balaban J connectivity index is 2.27. The average Bonchev–Trinajstić information content (AvgIpc) is 2.56. The number of terminal acetylenes is 1. The van der Waals surface area contributed by atoms with Gasteiger partial charge in [0.05, 0.1) is 17.1 Å². The molecule has 0 atom stereocenters. The second kappa shape index (κ2) is 6.82. The predicted molar refractivity (Wildman–Crippen MR) is 95.8 cm³/mol. The van der Waals surface area contributed by atoms with E-state index in [1.807, 2.05) is 25.1 Å². The van der Waals surface area contributed by atoms with Gasteiger partial charge in [-0.3, -0.25) is 9.36 Å². The first-order valence-corrected chi connectivity index (χ1v) is 8.96. The lowest BCUT2D eigenvalue weighted by atomic mass is 9.97. The summed E-state index contributed by atoms with van der Waals surface area (Å²) >= 11 is 7.66. The summed E-state index contributed by atoms with van der Waals surface area (Å²) in [5.41, 5.74) is 3.43. The summed E-state index contributed by atoms with van der Waals surface area (Å²) < 4.78 is 1.67. The lowest BCUT2D eigenvalue weighted by Crippen LogP contribution is -2.29. The minimum atomic E-state index is 0.0135. The molecule has 0 bridgehead atoms. The van der Waals surface area contributed by atoms with Crippen molar-refractivity contribution >= 4 is 23.4 Å². The van der Waals surface area contributed by atoms with Crippen LogP contribution in [0.5, 0.6) is 0 Å². The number of fused-ring (bicyclic) bond motifs is 1. The third-order valence-corrected chi connectivity index (χ3v) is 5.34. The molecule has 1 aromatic carbocycles. The van der Waals surface area contributed by atoms with Crippen molar-refractivity contribution in [3.05, 3.63) is 50.4 Å². The van der Waals surface area contributed by atoms with Gasteiger partial charge in [0.15, 0.2) is 5.16 Å². The van der Waals surface area contributed by atoms with Gasteiger partial charge >= 0.3 is 0 Å². The van der Waals surface area contributed by atoms with Crippen molar-refractivity contribution in [2.24, 2.45) is 0 Å². The molecular weight excluding hydrogens is 328 g/mol. The number of halogens is 1. The van der Waals surface area contributed by atoms with E-state index in [9.17, 15) is 4.79 Å². The molecule has 0 radical (unpaired) electrons. The standard InChI is InChI=1S/C18H17ClN2OS/c1-3-11-23-18-20-15-9-5-4-7-13(15)17(22)21(18)16-10-6-8-14(19)12(16)2/h1,6,8,10H,4-5,7,9,11H2,2H3. The van der Waals surface area contributed by atoms with Gasteiger partial charge in [-0.25, -0.2) is 4.98 Å². The second-order valence-corrected chi connectivity index (χ2v) is 6.89. The fraction of sp³-hybridized carbons (Fsp3) is 0.333. The number of hydrogen-bond donors (Lipinski definition) is 0. The third kappa shape index (κ3) is 3.04. The van der Waals surface area contributed by atoms with E-state index >= 15 is 0 Å². The quantitative estimate of drug-likeness (QED) is 0.482. The van der Waals surface area contributed by atoms with Gasteiger partial charge in [-0.2, -0.15) is 0 Å². The zero-order chi connectivity index (χ0) is 16.4. The molecule has 3 rings (SSSR count). The van der Waals surface area contributed by atoms with Crippen molar-refractivity contribution in [3.63, 3.8) is 0 Å². The molecule has 23 heavy (non-hydrogen) atoms. The number of rotatable bonds is 3. The zero-order valence-corrected chi connectivity index (χ0v) is 14.5. The Morgan fingerprint density at radius 1 is 1.39 bits per heavy atom. The molecule has 0 amide bonds. The van der Waals surface area contributed by atoms with Crippen LogP contribution in [0.15, 0.2) is 28.2 Å². The van der Waals surface area contributed by atoms with E-state index in [0.29, 0.717) is 15.9 Å². The van der Waals surface area contributed by atoms with Crippen LogP contribution in [0, 0.1) is 19.3 Å². The molecule has 2 aromatic rings. The largest absolute Gasteiger partial charge is 0.269 e. The molecule has 118 valence electrons. The minimum absolute atomic E-state index is 0.0135. The second-order valence-electron chi connectivity index (χ2n) is 5.54. The highest BCUT2D eigenvalue weighted by molar-refractivity contribution is 7.99. The third-order valence-electron chi connectivity index (χ3n) is 4.09. The Labute approximate surface area is 145 Å². The first kappa shape index (κ1) is 16.2. The number of aryl methyl sites for hydroxylation is 1. The van der Waals surface area contributed by atoms with Gasteiger partial charge in [-0.05, 0) is 50.3 Å². The monoisotopic (exact) mass is 344 g/mol. The molecule has 1 aromatic heterocycles. The van der Waals surface area contributed by atoms with Gasteiger partial charge in [-0.15, -0.1) is 6.42 Å². The van der Waals surface area contributed by atoms with Crippen LogP contribution in [0.1, 0.15) is 29.7 Å². The van der Waals surface area contributed by atoms with Crippen LogP contribution in [-0.4, -0.2) is 15.3 Å². The SMILES string of the molecule is C#CCSc1nc2c(c(=O)n1-c1cccc(Cl)c1C)CCCC2. The summed E-state index contributed by atoms with van der Waals surface area (Å²) in [6.07, 6.45) is 9.16. The van der Waals surface area contributed by atoms with E-state index in [1.165, 1.54) is 11.8 Å². The predicted octanol–water partition coefficient (Wildman–Crippen LogP) is 3.80. The molecule has 0 unspecified atom stereocenters. The summed E-state index contributed by atoms with van der Waals surface area (Å²) in [6, 6.07) is 5.58. The topological polar surface area (TPSA) is 34.9 Å². The maximum atomic E-state index is 13.1. The summed E-state index contributed by atoms with van der Waals surface area (Å²) in [5.74, 6) is 3.08. The lowest BCUT2D eigenvalue weighted by Gasteiger charge is -2.20. The fourth-order valence-electron chi connectivity index (χ4n) is 2.88. The zero-order valence-electron chi connectivity index (χ0n) is 12.9. The summed E-state index contributed by atoms with van der Waals surface area (Å²) in [4.78, 5) is 17.8. The maximum Gasteiger partial charge on any atom is 0.262 e. The van der Waals surface area contributed by atoms with Gasteiger partial charge in [0.25, 0.3) is 5.56 Å². The van der Waals surface area contributed by atoms with Crippen LogP contribution in [-0.2, 0) is 12.8 Å². The molecule has 1 heterocycles. The van der Waals surface area contributed by atoms with Gasteiger partial charge in [-0.1, -0.05) is 35.3 Å². The van der Waals surface area contributed by atoms with E-state index in [4.69, 9.17) is 23.0 Å². The Bertz CT molecular complexity index is 851. The Hall–Kier alpha value is -1.70. The molecule has 0 fully saturated rings. The van der Waals surface area contributed by atoms with Crippen molar-refractivity contribution in [1.29, 1.82) is 0 Å². The first-order chi connectivity index (χ1) is 11.1. The van der Waals surface area contributed by atoms with Crippen LogP contribution in [0.4, 0.5) is 0 Å². The molecule has 1 aliphatic carbocycles. The van der Waals surface area contributed by atoms with Crippen molar-refractivity contribution in [3.8, 4) is 18.0 Å². The van der Waals surface area contributed by atoms with Crippen LogP contribution in [0.25, 0.3) is 5.69 Å². The molecule has 0 saturated heterocycles. The highest BCUT2D eigenvalue weighted by atomic mass is 35.5. The molecule has 0 N–H and O–H groups in total. The van der Waals surface area contributed by atoms with Crippen LogP contribution < -0.4 is 5.56 Å². The molecule has 0 saturated carbocycles. The molecule has 0 aliphatic heterocycles. The van der Waals surface area contributed by atoms with Crippen molar-refractivity contribution < 1.29 is 0 Å². The van der Waals surface area contributed by atoms with Crippen molar-refractivity contribution in [1.82, 2.24) is 9.55 Å². The molecular formula is C18H17ClN2OS. The van der Waals surface area contributed by atoms with Crippen molar-refractivity contribution in [2.45, 2.75) is 37.8 Å². The fourth-order valence-corrected chi connectivity index (χ4v) is 3.75. The Kier molecular flexibility index (Phi) is 4.79. The number of nitrogens with zero attached hydrogens (tertiary/aromatic N) is 2. The van der Waals surface area contributed by atoms with E-state index in [1.54, 1.807) is 4.57 Å². The molecule has 1 aliphatic rings. The van der Waals surface area contributed by atoms with E-state index in [-0.39, 0.29) is 5.56 Å². The number of aromatic nitrogens is 2. The van der Waals surface area contributed by atoms with E-state index in [0.717, 1.165) is 48.2 Å². The van der Waals surface area contributed by atoms with Gasteiger partial charge in [0, 0.05) is 10.6 Å². The lowest BCUT2D eigenvalue weighted by molar-refractivity contribution is 0.622. The van der Waals surface area contributed by atoms with Gasteiger partial charge < -0.3 is 0 Å². The number of thioether (sulfide) groups is 1. The number of benzene rings is 1. The molecule has 0 spiro atoms. The van der Waals surface area contributed by atoms with Gasteiger partial charge in [0.1, 0.15) is 0 Å². The van der Waals surface area contributed by atoms with Crippen LogP contribution in [0.2, 0.25) is 5.02 Å². The minimum Gasteiger partial charge on any atom is -0.269 e. The maximum absolute atomic E-state index is 13.1. The highest BCUT2D eigenvalue weighted by Gasteiger charge is 2.21. The van der Waals surface area contributed by atoms with E-state index < -0.39 is 0 Å².